The van der Waals surface area contributed by atoms with E-state index in [0.717, 1.165) is 77.5 Å². The van der Waals surface area contributed by atoms with Crippen molar-refractivity contribution in [2.45, 2.75) is 0 Å². The van der Waals surface area contributed by atoms with Crippen LogP contribution in [0.4, 0.5) is 0 Å². The first kappa shape index (κ1) is 31.5. The second-order valence-corrected chi connectivity index (χ2v) is 14.3. The summed E-state index contributed by atoms with van der Waals surface area (Å²) in [7, 11) is 0. The van der Waals surface area contributed by atoms with E-state index in [4.69, 9.17) is 24.4 Å². The van der Waals surface area contributed by atoms with Crippen LogP contribution >= 0.6 is 0 Å². The molecule has 0 saturated heterocycles. The van der Waals surface area contributed by atoms with Crippen molar-refractivity contribution in [3.8, 4) is 45.5 Å². The van der Waals surface area contributed by atoms with E-state index < -0.39 is 0 Å². The first-order valence-corrected chi connectivity index (χ1v) is 19.0. The Morgan fingerprint density at radius 1 is 0.404 bits per heavy atom. The van der Waals surface area contributed by atoms with E-state index in [9.17, 15) is 0 Å². The van der Waals surface area contributed by atoms with Crippen LogP contribution in [0.15, 0.2) is 187 Å². The number of aromatic nitrogens is 6. The van der Waals surface area contributed by atoms with Gasteiger partial charge in [-0.15, -0.1) is 0 Å². The van der Waals surface area contributed by atoms with E-state index in [2.05, 4.69) is 106 Å². The Morgan fingerprint density at radius 2 is 1.09 bits per heavy atom. The highest BCUT2D eigenvalue weighted by Gasteiger charge is 2.23. The van der Waals surface area contributed by atoms with Gasteiger partial charge in [0.1, 0.15) is 16.8 Å². The fraction of sp³-hybridized carbons (Fsp3) is 0. The highest BCUT2D eigenvalue weighted by atomic mass is 16.3. The van der Waals surface area contributed by atoms with Crippen molar-refractivity contribution in [3.63, 3.8) is 0 Å². The zero-order valence-corrected chi connectivity index (χ0v) is 30.4. The average molecular weight is 731 g/mol. The fourth-order valence-electron chi connectivity index (χ4n) is 8.56. The van der Waals surface area contributed by atoms with E-state index in [0.29, 0.717) is 17.5 Å². The first-order chi connectivity index (χ1) is 28.3. The molecule has 7 aromatic carbocycles. The van der Waals surface area contributed by atoms with Crippen molar-refractivity contribution >= 4 is 65.7 Å². The van der Waals surface area contributed by atoms with E-state index >= 15 is 0 Å². The number of rotatable bonds is 5. The molecule has 0 saturated carbocycles. The van der Waals surface area contributed by atoms with Gasteiger partial charge >= 0.3 is 0 Å². The van der Waals surface area contributed by atoms with Crippen molar-refractivity contribution in [2.75, 3.05) is 0 Å². The maximum absolute atomic E-state index is 6.55. The number of furan rings is 1. The molecule has 0 atom stereocenters. The topological polar surface area (TPSA) is 74.6 Å². The van der Waals surface area contributed by atoms with Crippen LogP contribution in [0.3, 0.4) is 0 Å². The Morgan fingerprint density at radius 3 is 1.86 bits per heavy atom. The molecule has 7 heteroatoms. The van der Waals surface area contributed by atoms with Gasteiger partial charge in [-0.1, -0.05) is 115 Å². The van der Waals surface area contributed by atoms with Crippen LogP contribution in [0.2, 0.25) is 0 Å². The third kappa shape index (κ3) is 4.79. The van der Waals surface area contributed by atoms with Crippen molar-refractivity contribution in [3.05, 3.63) is 182 Å². The van der Waals surface area contributed by atoms with Crippen LogP contribution in [-0.4, -0.2) is 29.1 Å². The zero-order chi connectivity index (χ0) is 37.5. The van der Waals surface area contributed by atoms with Gasteiger partial charge in [-0.05, 0) is 60.7 Å². The molecular weight excluding hydrogens is 701 g/mol. The molecular formula is C50H30N6O. The van der Waals surface area contributed by atoms with Gasteiger partial charge in [0.2, 0.25) is 0 Å². The van der Waals surface area contributed by atoms with Gasteiger partial charge < -0.3 is 8.98 Å². The maximum Gasteiger partial charge on any atom is 0.164 e. The smallest absolute Gasteiger partial charge is 0.164 e. The van der Waals surface area contributed by atoms with E-state index in [1.165, 1.54) is 16.3 Å². The maximum atomic E-state index is 6.55. The summed E-state index contributed by atoms with van der Waals surface area (Å²) in [5, 5.41) is 6.56. The van der Waals surface area contributed by atoms with Crippen molar-refractivity contribution in [2.24, 2.45) is 0 Å². The highest BCUT2D eigenvalue weighted by molar-refractivity contribution is 6.26. The fourth-order valence-corrected chi connectivity index (χ4v) is 8.56. The average Bonchev–Trinajstić information content (AvgIpc) is 3.94. The van der Waals surface area contributed by atoms with Gasteiger partial charge in [-0.3, -0.25) is 4.57 Å². The van der Waals surface area contributed by atoms with Gasteiger partial charge in [0.15, 0.2) is 17.5 Å². The number of nitrogens with zero attached hydrogens (tertiary/aromatic N) is 6. The lowest BCUT2D eigenvalue weighted by atomic mass is 10.0. The quantitative estimate of drug-likeness (QED) is 0.176. The number of fused-ring (bicyclic) bond motifs is 10. The third-order valence-corrected chi connectivity index (χ3v) is 11.0. The molecule has 0 N–H and O–H groups in total. The predicted octanol–water partition coefficient (Wildman–Crippen LogP) is 12.4. The summed E-state index contributed by atoms with van der Waals surface area (Å²) >= 11 is 0. The molecule has 266 valence electrons. The summed E-state index contributed by atoms with van der Waals surface area (Å²) in [5.74, 6) is 1.80. The molecule has 5 aromatic heterocycles. The molecule has 0 fully saturated rings. The first-order valence-electron chi connectivity index (χ1n) is 19.0. The minimum absolute atomic E-state index is 0.580. The van der Waals surface area contributed by atoms with Crippen LogP contribution in [0.5, 0.6) is 0 Å². The summed E-state index contributed by atoms with van der Waals surface area (Å²) in [6.07, 6.45) is 1.88. The van der Waals surface area contributed by atoms with Crippen LogP contribution < -0.4 is 0 Å². The molecule has 5 heterocycles. The molecule has 0 amide bonds. The number of hydrogen-bond acceptors (Lipinski definition) is 5. The van der Waals surface area contributed by atoms with Gasteiger partial charge in [0.25, 0.3) is 0 Å². The van der Waals surface area contributed by atoms with Gasteiger partial charge in [-0.25, -0.2) is 19.9 Å². The predicted molar refractivity (Wildman–Crippen MR) is 230 cm³/mol. The Hall–Kier alpha value is -7.90. The molecule has 0 aliphatic heterocycles. The summed E-state index contributed by atoms with van der Waals surface area (Å²) in [6, 6.07) is 60.6. The molecule has 12 rings (SSSR count). The van der Waals surface area contributed by atoms with Crippen molar-refractivity contribution in [1.82, 2.24) is 29.1 Å². The number of hydrogen-bond donors (Lipinski definition) is 0. The summed E-state index contributed by atoms with van der Waals surface area (Å²) in [4.78, 5) is 20.1. The van der Waals surface area contributed by atoms with E-state index in [1.807, 2.05) is 85.1 Å². The SMILES string of the molecule is c1ccc(-c2nc(-c3ccccc3)nc(-c3cccc4oc5ccc(-n6c7ccc8c9ccccc9n(-c9ccccc9)c8c7c7cccnc76)cc5c34)n2)cc1. The second-order valence-electron chi connectivity index (χ2n) is 14.3. The Bertz CT molecular complexity index is 3460. The van der Waals surface area contributed by atoms with Crippen LogP contribution in [0.25, 0.3) is 111 Å². The van der Waals surface area contributed by atoms with Gasteiger partial charge in [-0.2, -0.15) is 0 Å². The van der Waals surface area contributed by atoms with Gasteiger partial charge in [0, 0.05) is 66.6 Å². The monoisotopic (exact) mass is 730 g/mol. The molecule has 0 unspecified atom stereocenters. The number of para-hydroxylation sites is 2. The molecule has 57 heavy (non-hydrogen) atoms. The molecule has 12 aromatic rings. The van der Waals surface area contributed by atoms with E-state index in [1.54, 1.807) is 0 Å². The molecule has 0 spiro atoms. The lowest BCUT2D eigenvalue weighted by Crippen LogP contribution is -2.00. The minimum atomic E-state index is 0.580. The highest BCUT2D eigenvalue weighted by Crippen LogP contribution is 2.43. The standard InChI is InChI=1S/C50H30N6O/c1-4-14-31(15-5-1)47-52-48(32-16-6-2-7-17-32)54-49(53-47)37-21-12-24-43-44(37)39-30-34(25-28-42(39)57-43)56-41-27-26-36-35-20-10-11-23-40(35)55(33-18-8-3-9-19-33)46(36)45(41)38-22-13-29-51-50(38)56/h1-30H. The Balaban J connectivity index is 1.13. The summed E-state index contributed by atoms with van der Waals surface area (Å²) < 4.78 is 11.2. The molecule has 0 bridgehead atoms. The Kier molecular flexibility index (Phi) is 6.79. The van der Waals surface area contributed by atoms with Crippen LogP contribution in [0, 0.1) is 0 Å². The number of benzene rings is 7. The zero-order valence-electron chi connectivity index (χ0n) is 30.4. The lowest BCUT2D eigenvalue weighted by Gasteiger charge is -2.10. The number of pyridine rings is 1. The second kappa shape index (κ2) is 12.3. The van der Waals surface area contributed by atoms with Crippen LogP contribution in [-0.2, 0) is 0 Å². The van der Waals surface area contributed by atoms with Crippen molar-refractivity contribution in [1.29, 1.82) is 0 Å². The Labute approximate surface area is 325 Å². The largest absolute Gasteiger partial charge is 0.456 e. The molecule has 0 radical (unpaired) electrons. The lowest BCUT2D eigenvalue weighted by molar-refractivity contribution is 0.669. The molecule has 0 aliphatic rings. The summed E-state index contributed by atoms with van der Waals surface area (Å²) in [6.45, 7) is 0. The summed E-state index contributed by atoms with van der Waals surface area (Å²) in [5.41, 5.74) is 10.6. The van der Waals surface area contributed by atoms with Crippen molar-refractivity contribution < 1.29 is 4.42 Å². The molecule has 0 aliphatic carbocycles. The van der Waals surface area contributed by atoms with Crippen LogP contribution in [0.1, 0.15) is 0 Å². The van der Waals surface area contributed by atoms with Gasteiger partial charge in [0.05, 0.1) is 16.6 Å². The van der Waals surface area contributed by atoms with E-state index in [-0.39, 0.29) is 0 Å². The normalized spacial score (nSPS) is 11.9. The molecule has 7 nitrogen and oxygen atoms in total. The minimum Gasteiger partial charge on any atom is -0.456 e. The third-order valence-electron chi connectivity index (χ3n) is 11.0.